The molecule has 0 bridgehead atoms. The fourth-order valence-corrected chi connectivity index (χ4v) is 4.50. The molecule has 0 saturated heterocycles. The van der Waals surface area contributed by atoms with Crippen molar-refractivity contribution in [2.24, 2.45) is 0 Å². The monoisotopic (exact) mass is 395 g/mol. The van der Waals surface area contributed by atoms with Gasteiger partial charge in [-0.3, -0.25) is 0 Å². The first kappa shape index (κ1) is 19.8. The lowest BCUT2D eigenvalue weighted by Crippen LogP contribution is -2.31. The Bertz CT molecular complexity index is 943. The number of nitrogens with one attached hydrogen (secondary N) is 1. The third kappa shape index (κ3) is 3.97. The van der Waals surface area contributed by atoms with Crippen LogP contribution in [0.3, 0.4) is 0 Å². The minimum atomic E-state index is -1.12. The summed E-state index contributed by atoms with van der Waals surface area (Å²) in [7, 11) is 0. The molecular weight excluding hydrogens is 374 g/mol. The van der Waals surface area contributed by atoms with Gasteiger partial charge in [0.1, 0.15) is 0 Å². The van der Waals surface area contributed by atoms with Crippen LogP contribution in [0.4, 0.5) is 0 Å². The van der Waals surface area contributed by atoms with Gasteiger partial charge in [0.2, 0.25) is 0 Å². The van der Waals surface area contributed by atoms with Gasteiger partial charge in [-0.25, -0.2) is 9.59 Å². The van der Waals surface area contributed by atoms with E-state index >= 15 is 0 Å². The van der Waals surface area contributed by atoms with Crippen molar-refractivity contribution in [2.75, 3.05) is 0 Å². The summed E-state index contributed by atoms with van der Waals surface area (Å²) in [6.07, 6.45) is 0. The molecule has 28 heavy (non-hydrogen) atoms. The second kappa shape index (κ2) is 8.35. The van der Waals surface area contributed by atoms with Gasteiger partial charge in [0.15, 0.2) is 0 Å². The van der Waals surface area contributed by atoms with E-state index in [-0.39, 0.29) is 11.1 Å². The molecule has 0 unspecified atom stereocenters. The van der Waals surface area contributed by atoms with Crippen molar-refractivity contribution < 1.29 is 19.8 Å². The lowest BCUT2D eigenvalue weighted by molar-refractivity contribution is -0.133. The summed E-state index contributed by atoms with van der Waals surface area (Å²) in [5.41, 5.74) is 2.89. The molecule has 0 amide bonds. The largest absolute Gasteiger partial charge is 0.478 e. The molecule has 0 aromatic heterocycles. The number of carboxylic acids is 2. The first-order chi connectivity index (χ1) is 13.4. The smallest absolute Gasteiger partial charge is 0.334 e. The van der Waals surface area contributed by atoms with Crippen LogP contribution in [0.25, 0.3) is 0 Å². The minimum Gasteiger partial charge on any atom is -0.478 e. The highest BCUT2D eigenvalue weighted by molar-refractivity contribution is 7.98. The molecule has 2 aromatic rings. The van der Waals surface area contributed by atoms with Gasteiger partial charge in [-0.2, -0.15) is 0 Å². The standard InChI is InChI=1S/C22H21NO4S/c1-13-18(21(24)25)20(19(22(26)27)14(2)23-13)16-10-6-7-11-17(16)28-12-15-8-4-3-5-9-15/h3-11,20,23H,12H2,1-2H3,(H,24,25)(H,26,27). The maximum Gasteiger partial charge on any atom is 0.334 e. The van der Waals surface area contributed by atoms with Gasteiger partial charge < -0.3 is 15.5 Å². The number of allylic oxidation sites excluding steroid dienone is 2. The highest BCUT2D eigenvalue weighted by atomic mass is 32.2. The summed E-state index contributed by atoms with van der Waals surface area (Å²) in [5, 5.41) is 22.5. The van der Waals surface area contributed by atoms with Crippen molar-refractivity contribution in [2.45, 2.75) is 30.4 Å². The summed E-state index contributed by atoms with van der Waals surface area (Å²) in [6, 6.07) is 17.4. The number of carbonyl (C=O) groups is 2. The van der Waals surface area contributed by atoms with Gasteiger partial charge in [0, 0.05) is 22.0 Å². The Morgan fingerprint density at radius 3 is 2.00 bits per heavy atom. The molecule has 0 fully saturated rings. The molecule has 0 spiro atoms. The number of aliphatic carboxylic acids is 2. The Kier molecular flexibility index (Phi) is 5.90. The third-order valence-electron chi connectivity index (χ3n) is 4.69. The van der Waals surface area contributed by atoms with Gasteiger partial charge in [-0.05, 0) is 31.0 Å². The second-order valence-electron chi connectivity index (χ2n) is 6.56. The Hall–Kier alpha value is -2.99. The molecule has 1 aliphatic rings. The molecule has 0 aliphatic carbocycles. The summed E-state index contributed by atoms with van der Waals surface area (Å²) in [6.45, 7) is 3.33. The number of dihydropyridines is 1. The number of hydrogen-bond acceptors (Lipinski definition) is 4. The van der Waals surface area contributed by atoms with Crippen molar-refractivity contribution in [3.8, 4) is 0 Å². The predicted octanol–water partition coefficient (Wildman–Crippen LogP) is 4.38. The van der Waals surface area contributed by atoms with Gasteiger partial charge in [-0.1, -0.05) is 48.5 Å². The summed E-state index contributed by atoms with van der Waals surface area (Å²) in [4.78, 5) is 24.9. The van der Waals surface area contributed by atoms with Crippen molar-refractivity contribution in [3.63, 3.8) is 0 Å². The number of carboxylic acid groups (broad SMARTS) is 2. The van der Waals surface area contributed by atoms with Crippen molar-refractivity contribution in [3.05, 3.63) is 88.3 Å². The molecule has 144 valence electrons. The normalized spacial score (nSPS) is 14.8. The number of hydrogen-bond donors (Lipinski definition) is 3. The van der Waals surface area contributed by atoms with E-state index in [1.54, 1.807) is 25.6 Å². The molecule has 5 nitrogen and oxygen atoms in total. The number of thioether (sulfide) groups is 1. The Morgan fingerprint density at radius 1 is 0.893 bits per heavy atom. The van der Waals surface area contributed by atoms with Gasteiger partial charge in [-0.15, -0.1) is 11.8 Å². The Balaban J connectivity index is 2.07. The molecule has 0 radical (unpaired) electrons. The van der Waals surface area contributed by atoms with E-state index in [0.29, 0.717) is 22.7 Å². The van der Waals surface area contributed by atoms with Crippen LogP contribution < -0.4 is 5.32 Å². The Labute approximate surface area is 167 Å². The average Bonchev–Trinajstić information content (AvgIpc) is 2.66. The molecule has 3 rings (SSSR count). The van der Waals surface area contributed by atoms with Crippen LogP contribution in [-0.4, -0.2) is 22.2 Å². The average molecular weight is 395 g/mol. The van der Waals surface area contributed by atoms with Gasteiger partial charge in [0.25, 0.3) is 0 Å². The quantitative estimate of drug-likeness (QED) is 0.629. The highest BCUT2D eigenvalue weighted by Crippen LogP contribution is 2.42. The maximum atomic E-state index is 12.0. The zero-order valence-corrected chi connectivity index (χ0v) is 16.4. The van der Waals surface area contributed by atoms with E-state index in [1.807, 2.05) is 54.6 Å². The van der Waals surface area contributed by atoms with E-state index in [1.165, 1.54) is 0 Å². The first-order valence-electron chi connectivity index (χ1n) is 8.81. The van der Waals surface area contributed by atoms with E-state index in [0.717, 1.165) is 10.5 Å². The maximum absolute atomic E-state index is 12.0. The molecule has 1 heterocycles. The van der Waals surface area contributed by atoms with Crippen molar-refractivity contribution in [1.82, 2.24) is 5.32 Å². The zero-order chi connectivity index (χ0) is 20.3. The van der Waals surface area contributed by atoms with Crippen molar-refractivity contribution in [1.29, 1.82) is 0 Å². The van der Waals surface area contributed by atoms with E-state index in [9.17, 15) is 19.8 Å². The summed E-state index contributed by atoms with van der Waals surface area (Å²) < 4.78 is 0. The molecule has 3 N–H and O–H groups in total. The van der Waals surface area contributed by atoms with E-state index in [4.69, 9.17) is 0 Å². The lowest BCUT2D eigenvalue weighted by Gasteiger charge is -2.29. The van der Waals surface area contributed by atoms with Crippen LogP contribution in [0.1, 0.15) is 30.9 Å². The second-order valence-corrected chi connectivity index (χ2v) is 7.57. The van der Waals surface area contributed by atoms with Gasteiger partial charge >= 0.3 is 11.9 Å². The third-order valence-corrected chi connectivity index (χ3v) is 5.85. The topological polar surface area (TPSA) is 86.6 Å². The van der Waals surface area contributed by atoms with Crippen molar-refractivity contribution >= 4 is 23.7 Å². The summed E-state index contributed by atoms with van der Waals surface area (Å²) in [5.74, 6) is -2.37. The lowest BCUT2D eigenvalue weighted by atomic mass is 9.80. The van der Waals surface area contributed by atoms with E-state index < -0.39 is 17.9 Å². The molecule has 1 aliphatic heterocycles. The first-order valence-corrected chi connectivity index (χ1v) is 9.79. The summed E-state index contributed by atoms with van der Waals surface area (Å²) >= 11 is 1.57. The molecule has 0 atom stereocenters. The predicted molar refractivity (Wildman–Crippen MR) is 109 cm³/mol. The van der Waals surface area contributed by atoms with Crippen LogP contribution in [0.5, 0.6) is 0 Å². The highest BCUT2D eigenvalue weighted by Gasteiger charge is 2.37. The van der Waals surface area contributed by atoms with Crippen LogP contribution in [-0.2, 0) is 15.3 Å². The van der Waals surface area contributed by atoms with Crippen LogP contribution in [0.15, 0.2) is 82.0 Å². The van der Waals surface area contributed by atoms with Crippen LogP contribution >= 0.6 is 11.8 Å². The van der Waals surface area contributed by atoms with Gasteiger partial charge in [0.05, 0.1) is 17.1 Å². The number of benzene rings is 2. The van der Waals surface area contributed by atoms with Crippen LogP contribution in [0.2, 0.25) is 0 Å². The fraction of sp³-hybridized carbons (Fsp3) is 0.182. The van der Waals surface area contributed by atoms with Crippen LogP contribution in [0, 0.1) is 0 Å². The number of rotatable bonds is 6. The molecule has 0 saturated carbocycles. The SMILES string of the molecule is CC1=C(C(=O)O)C(c2ccccc2SCc2ccccc2)C(C(=O)O)=C(C)N1. The molecule has 6 heteroatoms. The zero-order valence-electron chi connectivity index (χ0n) is 15.6. The van der Waals surface area contributed by atoms with E-state index in [2.05, 4.69) is 5.32 Å². The molecular formula is C22H21NO4S. The molecule has 2 aromatic carbocycles. The Morgan fingerprint density at radius 2 is 1.43 bits per heavy atom. The minimum absolute atomic E-state index is 0.0655. The fourth-order valence-electron chi connectivity index (χ4n) is 3.46.